The van der Waals surface area contributed by atoms with E-state index in [2.05, 4.69) is 10.2 Å². The summed E-state index contributed by atoms with van der Waals surface area (Å²) in [6.07, 6.45) is 2.98. The zero-order valence-electron chi connectivity index (χ0n) is 12.6. The number of carbonyl (C=O) groups is 1. The summed E-state index contributed by atoms with van der Waals surface area (Å²) in [5.74, 6) is 0.103. The first-order valence-corrected chi connectivity index (χ1v) is 7.61. The van der Waals surface area contributed by atoms with Crippen LogP contribution < -0.4 is 11.1 Å². The van der Waals surface area contributed by atoms with Gasteiger partial charge in [-0.15, -0.1) is 0 Å². The van der Waals surface area contributed by atoms with E-state index >= 15 is 0 Å². The number of hydrogen-bond acceptors (Lipinski definition) is 4. The molecule has 5 nitrogen and oxygen atoms in total. The molecule has 1 amide bonds. The van der Waals surface area contributed by atoms with Crippen LogP contribution in [0.25, 0.3) is 0 Å². The molecule has 1 saturated heterocycles. The molecule has 1 aliphatic heterocycles. The maximum absolute atomic E-state index is 12.1. The Labute approximate surface area is 126 Å². The second-order valence-corrected chi connectivity index (χ2v) is 5.89. The molecule has 1 aliphatic rings. The molecule has 0 saturated carbocycles. The van der Waals surface area contributed by atoms with Gasteiger partial charge in [-0.2, -0.15) is 0 Å². The predicted molar refractivity (Wildman–Crippen MR) is 83.1 cm³/mol. The first-order chi connectivity index (χ1) is 10.0. The van der Waals surface area contributed by atoms with Gasteiger partial charge in [0.25, 0.3) is 0 Å². The number of amides is 1. The predicted octanol–water partition coefficient (Wildman–Crippen LogP) is 0.863. The smallest absolute Gasteiger partial charge is 0.237 e. The first-order valence-electron chi connectivity index (χ1n) is 7.61. The molecule has 0 bridgehead atoms. The lowest BCUT2D eigenvalue weighted by atomic mass is 10.1. The molecule has 0 radical (unpaired) electrons. The van der Waals surface area contributed by atoms with Crippen LogP contribution in [0.4, 0.5) is 0 Å². The van der Waals surface area contributed by atoms with Crippen LogP contribution in [0.2, 0.25) is 0 Å². The minimum atomic E-state index is -0.560. The average molecular weight is 291 g/mol. The summed E-state index contributed by atoms with van der Waals surface area (Å²) < 4.78 is 0. The molecule has 21 heavy (non-hydrogen) atoms. The van der Waals surface area contributed by atoms with Crippen LogP contribution in [0, 0.1) is 0 Å². The van der Waals surface area contributed by atoms with Crippen LogP contribution in [-0.4, -0.2) is 47.6 Å². The normalized spacial score (nSPS) is 18.4. The van der Waals surface area contributed by atoms with Gasteiger partial charge in [-0.3, -0.25) is 4.79 Å². The second kappa shape index (κ2) is 7.43. The Morgan fingerprint density at radius 1 is 1.33 bits per heavy atom. The fraction of sp³-hybridized carbons (Fsp3) is 0.562. The number of hydrogen-bond donors (Lipinski definition) is 3. The molecule has 4 N–H and O–H groups in total. The topological polar surface area (TPSA) is 78.6 Å². The molecule has 1 aromatic rings. The maximum atomic E-state index is 12.1. The van der Waals surface area contributed by atoms with Crippen molar-refractivity contribution in [2.75, 3.05) is 19.6 Å². The maximum Gasteiger partial charge on any atom is 0.237 e. The fourth-order valence-electron chi connectivity index (χ4n) is 2.73. The van der Waals surface area contributed by atoms with Crippen molar-refractivity contribution in [2.45, 2.75) is 38.3 Å². The van der Waals surface area contributed by atoms with E-state index in [1.807, 2.05) is 6.92 Å². The number of phenolic OH excluding ortho intramolecular Hbond substituents is 1. The third-order valence-corrected chi connectivity index (χ3v) is 3.85. The van der Waals surface area contributed by atoms with Gasteiger partial charge in [-0.25, -0.2) is 0 Å². The van der Waals surface area contributed by atoms with Crippen molar-refractivity contribution in [1.82, 2.24) is 10.2 Å². The van der Waals surface area contributed by atoms with Crippen molar-refractivity contribution in [3.8, 4) is 5.75 Å². The van der Waals surface area contributed by atoms with Crippen molar-refractivity contribution in [2.24, 2.45) is 5.73 Å². The van der Waals surface area contributed by atoms with Crippen LogP contribution in [-0.2, 0) is 11.2 Å². The van der Waals surface area contributed by atoms with Crippen LogP contribution in [0.15, 0.2) is 24.3 Å². The summed E-state index contributed by atoms with van der Waals surface area (Å²) in [7, 11) is 0. The van der Waals surface area contributed by atoms with Crippen molar-refractivity contribution in [3.63, 3.8) is 0 Å². The second-order valence-electron chi connectivity index (χ2n) is 5.89. The van der Waals surface area contributed by atoms with Crippen molar-refractivity contribution >= 4 is 5.91 Å². The molecule has 2 rings (SSSR count). The third-order valence-electron chi connectivity index (χ3n) is 3.85. The highest BCUT2D eigenvalue weighted by molar-refractivity contribution is 5.82. The summed E-state index contributed by atoms with van der Waals surface area (Å²) in [5.41, 5.74) is 6.90. The van der Waals surface area contributed by atoms with E-state index < -0.39 is 6.04 Å². The summed E-state index contributed by atoms with van der Waals surface area (Å²) in [5, 5.41) is 12.2. The van der Waals surface area contributed by atoms with Crippen LogP contribution in [0.3, 0.4) is 0 Å². The van der Waals surface area contributed by atoms with Gasteiger partial charge in [0.1, 0.15) is 5.75 Å². The van der Waals surface area contributed by atoms with Crippen molar-refractivity contribution < 1.29 is 9.90 Å². The number of rotatable bonds is 6. The van der Waals surface area contributed by atoms with E-state index in [-0.39, 0.29) is 17.7 Å². The lowest BCUT2D eigenvalue weighted by Gasteiger charge is -2.22. The SMILES string of the molecule is CC(CN1CCCC1)NC(=O)[C@H](N)Cc1ccc(O)cc1. The highest BCUT2D eigenvalue weighted by atomic mass is 16.3. The molecule has 1 unspecified atom stereocenters. The van der Waals surface area contributed by atoms with E-state index in [4.69, 9.17) is 5.73 Å². The number of carbonyl (C=O) groups excluding carboxylic acids is 1. The van der Waals surface area contributed by atoms with Gasteiger partial charge in [0.05, 0.1) is 6.04 Å². The number of aromatic hydroxyl groups is 1. The Morgan fingerprint density at radius 2 is 1.95 bits per heavy atom. The molecule has 0 aromatic heterocycles. The van der Waals surface area contributed by atoms with Gasteiger partial charge in [-0.05, 0) is 57.0 Å². The largest absolute Gasteiger partial charge is 0.508 e. The Morgan fingerprint density at radius 3 is 2.57 bits per heavy atom. The highest BCUT2D eigenvalue weighted by Crippen LogP contribution is 2.11. The van der Waals surface area contributed by atoms with Crippen molar-refractivity contribution in [1.29, 1.82) is 0 Å². The summed E-state index contributed by atoms with van der Waals surface area (Å²) in [4.78, 5) is 14.5. The number of phenols is 1. The average Bonchev–Trinajstić information content (AvgIpc) is 2.94. The molecule has 1 aromatic carbocycles. The quantitative estimate of drug-likeness (QED) is 0.726. The van der Waals surface area contributed by atoms with E-state index in [9.17, 15) is 9.90 Å². The van der Waals surface area contributed by atoms with Gasteiger partial charge in [-0.1, -0.05) is 12.1 Å². The van der Waals surface area contributed by atoms with Gasteiger partial charge in [0.15, 0.2) is 0 Å². The van der Waals surface area contributed by atoms with Gasteiger partial charge >= 0.3 is 0 Å². The lowest BCUT2D eigenvalue weighted by molar-refractivity contribution is -0.123. The van der Waals surface area contributed by atoms with Crippen LogP contribution in [0.1, 0.15) is 25.3 Å². The standard InChI is InChI=1S/C16H25N3O2/c1-12(11-19-8-2-3-9-19)18-16(21)15(17)10-13-4-6-14(20)7-5-13/h4-7,12,15,20H,2-3,8-11,17H2,1H3,(H,18,21)/t12?,15-/m1/s1. The minimum absolute atomic E-state index is 0.112. The number of nitrogens with one attached hydrogen (secondary N) is 1. The first kappa shape index (κ1) is 15.8. The zero-order valence-corrected chi connectivity index (χ0v) is 12.6. The Bertz CT molecular complexity index is 455. The minimum Gasteiger partial charge on any atom is -0.508 e. The van der Waals surface area contributed by atoms with Crippen LogP contribution in [0.5, 0.6) is 5.75 Å². The molecule has 1 heterocycles. The summed E-state index contributed by atoms with van der Waals surface area (Å²) in [6, 6.07) is 6.34. The highest BCUT2D eigenvalue weighted by Gasteiger charge is 2.19. The fourth-order valence-corrected chi connectivity index (χ4v) is 2.73. The van der Waals surface area contributed by atoms with Crippen molar-refractivity contribution in [3.05, 3.63) is 29.8 Å². The van der Waals surface area contributed by atoms with Gasteiger partial charge < -0.3 is 21.1 Å². The molecule has 0 spiro atoms. The molecule has 1 fully saturated rings. The Hall–Kier alpha value is -1.59. The number of nitrogens with two attached hydrogens (primary N) is 1. The van der Waals surface area contributed by atoms with E-state index in [1.54, 1.807) is 24.3 Å². The van der Waals surface area contributed by atoms with E-state index in [0.717, 1.165) is 25.2 Å². The Kier molecular flexibility index (Phi) is 5.59. The van der Waals surface area contributed by atoms with Crippen LogP contribution >= 0.6 is 0 Å². The Balaban J connectivity index is 1.77. The molecular formula is C16H25N3O2. The molecule has 2 atom stereocenters. The van der Waals surface area contributed by atoms with Gasteiger partial charge in [0.2, 0.25) is 5.91 Å². The summed E-state index contributed by atoms with van der Waals surface area (Å²) >= 11 is 0. The van der Waals surface area contributed by atoms with E-state index in [0.29, 0.717) is 6.42 Å². The molecule has 0 aliphatic carbocycles. The number of benzene rings is 1. The monoisotopic (exact) mass is 291 g/mol. The van der Waals surface area contributed by atoms with E-state index in [1.165, 1.54) is 12.8 Å². The molecule has 116 valence electrons. The molecular weight excluding hydrogens is 266 g/mol. The third kappa shape index (κ3) is 5.02. The number of likely N-dealkylation sites (tertiary alicyclic amines) is 1. The van der Waals surface area contributed by atoms with Gasteiger partial charge in [0, 0.05) is 12.6 Å². The zero-order chi connectivity index (χ0) is 15.2. The number of nitrogens with zero attached hydrogens (tertiary/aromatic N) is 1. The summed E-state index contributed by atoms with van der Waals surface area (Å²) in [6.45, 7) is 5.15. The lowest BCUT2D eigenvalue weighted by Crippen LogP contribution is -2.48. The molecule has 5 heteroatoms.